The molecule has 146 valence electrons. The van der Waals surface area contributed by atoms with E-state index in [1.54, 1.807) is 6.21 Å². The van der Waals surface area contributed by atoms with Crippen molar-refractivity contribution < 1.29 is 9.59 Å². The highest BCUT2D eigenvalue weighted by atomic mass is 32.2. The van der Waals surface area contributed by atoms with Crippen molar-refractivity contribution in [3.8, 4) is 0 Å². The third-order valence-electron chi connectivity index (χ3n) is 4.45. The maximum atomic E-state index is 12.2. The van der Waals surface area contributed by atoms with E-state index in [1.165, 1.54) is 11.8 Å². The molecule has 29 heavy (non-hydrogen) atoms. The van der Waals surface area contributed by atoms with Gasteiger partial charge in [-0.3, -0.25) is 9.59 Å². The monoisotopic (exact) mass is 405 g/mol. The molecule has 3 aromatic rings. The number of anilines is 1. The number of aromatic amines is 1. The predicted octanol–water partition coefficient (Wildman–Crippen LogP) is 3.43. The Kier molecular flexibility index (Phi) is 5.44. The molecule has 7 nitrogen and oxygen atoms in total. The fourth-order valence-electron chi connectivity index (χ4n) is 2.95. The number of nitrogens with one attached hydrogen (secondary N) is 3. The number of aromatic nitrogens is 1. The van der Waals surface area contributed by atoms with Crippen LogP contribution >= 0.6 is 11.8 Å². The van der Waals surface area contributed by atoms with Crippen LogP contribution in [0.1, 0.15) is 17.5 Å². The molecule has 4 rings (SSSR count). The highest BCUT2D eigenvalue weighted by Gasteiger charge is 2.32. The van der Waals surface area contributed by atoms with Crippen molar-refractivity contribution in [2.24, 2.45) is 10.2 Å². The van der Waals surface area contributed by atoms with Gasteiger partial charge in [-0.1, -0.05) is 47.7 Å². The number of carbonyl (C=O) groups is 2. The van der Waals surface area contributed by atoms with Crippen LogP contribution in [0.4, 0.5) is 5.69 Å². The molecule has 1 saturated heterocycles. The fraction of sp³-hybridized carbons (Fsp3) is 0.143. The van der Waals surface area contributed by atoms with Crippen LogP contribution in [0.15, 0.2) is 64.9 Å². The van der Waals surface area contributed by atoms with Crippen molar-refractivity contribution in [2.45, 2.75) is 18.6 Å². The van der Waals surface area contributed by atoms with Crippen molar-refractivity contribution in [1.82, 2.24) is 10.3 Å². The number of aryl methyl sites for hydroxylation is 1. The molecule has 0 bridgehead atoms. The minimum Gasteiger partial charge on any atom is -0.361 e. The number of amidine groups is 1. The highest BCUT2D eigenvalue weighted by molar-refractivity contribution is 8.15. The summed E-state index contributed by atoms with van der Waals surface area (Å²) in [6.07, 6.45) is 3.55. The molecule has 0 radical (unpaired) electrons. The van der Waals surface area contributed by atoms with E-state index in [-0.39, 0.29) is 18.2 Å². The Balaban J connectivity index is 1.35. The maximum absolute atomic E-state index is 12.2. The number of rotatable bonds is 5. The van der Waals surface area contributed by atoms with Gasteiger partial charge >= 0.3 is 0 Å². The predicted molar refractivity (Wildman–Crippen MR) is 117 cm³/mol. The summed E-state index contributed by atoms with van der Waals surface area (Å²) in [7, 11) is 0. The van der Waals surface area contributed by atoms with Gasteiger partial charge in [0, 0.05) is 34.8 Å². The first-order chi connectivity index (χ1) is 14.1. The number of hydrogen-bond donors (Lipinski definition) is 3. The number of hydrogen-bond acceptors (Lipinski definition) is 5. The van der Waals surface area contributed by atoms with Gasteiger partial charge in [0.2, 0.25) is 11.8 Å². The molecule has 1 aliphatic heterocycles. The molecule has 0 unspecified atom stereocenters. The van der Waals surface area contributed by atoms with Gasteiger partial charge in [-0.15, -0.1) is 5.10 Å². The Hall–Kier alpha value is -3.39. The standard InChI is InChI=1S/C21H19N5O2S/c1-13-6-8-15(9-7-13)24-19(27)10-18-20(28)25-21(29-18)26-23-12-14-11-22-17-5-3-2-4-16(14)17/h2-9,11-12,18,22H,10H2,1H3,(H,24,27)(H,25,26,28)/b23-12-/t18-/m1/s1. The second-order valence-corrected chi connectivity index (χ2v) is 7.84. The molecule has 1 fully saturated rings. The van der Waals surface area contributed by atoms with Crippen LogP contribution in [0, 0.1) is 6.92 Å². The Morgan fingerprint density at radius 3 is 2.83 bits per heavy atom. The Morgan fingerprint density at radius 1 is 1.21 bits per heavy atom. The zero-order valence-corrected chi connectivity index (χ0v) is 16.5. The molecule has 0 spiro atoms. The first-order valence-corrected chi connectivity index (χ1v) is 9.97. The Morgan fingerprint density at radius 2 is 2.00 bits per heavy atom. The largest absolute Gasteiger partial charge is 0.361 e. The van der Waals surface area contributed by atoms with Crippen molar-refractivity contribution in [1.29, 1.82) is 0 Å². The number of thioether (sulfide) groups is 1. The number of para-hydroxylation sites is 1. The lowest BCUT2D eigenvalue weighted by Crippen LogP contribution is -2.28. The number of benzene rings is 2. The van der Waals surface area contributed by atoms with Crippen LogP contribution in [0.2, 0.25) is 0 Å². The average molecular weight is 405 g/mol. The summed E-state index contributed by atoms with van der Waals surface area (Å²) >= 11 is 1.21. The minimum atomic E-state index is -0.525. The molecular weight excluding hydrogens is 386 g/mol. The van der Waals surface area contributed by atoms with E-state index in [2.05, 4.69) is 25.8 Å². The van der Waals surface area contributed by atoms with E-state index in [0.717, 1.165) is 22.0 Å². The molecule has 8 heteroatoms. The molecule has 1 atom stereocenters. The Labute approximate surface area is 171 Å². The van der Waals surface area contributed by atoms with Crippen molar-refractivity contribution in [2.75, 3.05) is 5.32 Å². The number of nitrogens with zero attached hydrogens (tertiary/aromatic N) is 2. The number of amides is 2. The summed E-state index contributed by atoms with van der Waals surface area (Å²) in [5.41, 5.74) is 3.75. The molecule has 0 saturated carbocycles. The summed E-state index contributed by atoms with van der Waals surface area (Å²) in [4.78, 5) is 27.5. The first kappa shape index (κ1) is 18.9. The smallest absolute Gasteiger partial charge is 0.240 e. The minimum absolute atomic E-state index is 0.0650. The van der Waals surface area contributed by atoms with E-state index in [0.29, 0.717) is 10.9 Å². The second-order valence-electron chi connectivity index (χ2n) is 6.65. The summed E-state index contributed by atoms with van der Waals surface area (Å²) in [5, 5.41) is 14.5. The van der Waals surface area contributed by atoms with Crippen LogP contribution in [0.3, 0.4) is 0 Å². The first-order valence-electron chi connectivity index (χ1n) is 9.10. The molecule has 2 aromatic carbocycles. The quantitative estimate of drug-likeness (QED) is 0.448. The number of H-pyrrole nitrogens is 1. The second kappa shape index (κ2) is 8.32. The van der Waals surface area contributed by atoms with E-state index < -0.39 is 5.25 Å². The molecule has 3 N–H and O–H groups in total. The van der Waals surface area contributed by atoms with Gasteiger partial charge in [0.05, 0.1) is 6.21 Å². The third-order valence-corrected chi connectivity index (χ3v) is 5.52. The van der Waals surface area contributed by atoms with E-state index in [9.17, 15) is 9.59 Å². The van der Waals surface area contributed by atoms with Crippen molar-refractivity contribution >= 4 is 51.5 Å². The summed E-state index contributed by atoms with van der Waals surface area (Å²) in [5.74, 6) is -0.458. The normalized spacial score (nSPS) is 17.9. The van der Waals surface area contributed by atoms with Crippen LogP contribution in [0.5, 0.6) is 0 Å². The molecule has 1 aromatic heterocycles. The lowest BCUT2D eigenvalue weighted by molar-refractivity contribution is -0.122. The van der Waals surface area contributed by atoms with Gasteiger partial charge in [-0.05, 0) is 25.1 Å². The van der Waals surface area contributed by atoms with E-state index >= 15 is 0 Å². The zero-order chi connectivity index (χ0) is 20.2. The SMILES string of the molecule is Cc1ccc(NC(=O)C[C@H]2S/C(=N\N=C/c3c[nH]c4ccccc34)NC2=O)cc1. The van der Waals surface area contributed by atoms with Crippen LogP contribution < -0.4 is 10.6 Å². The summed E-state index contributed by atoms with van der Waals surface area (Å²) in [6, 6.07) is 15.4. The van der Waals surface area contributed by atoms with Gasteiger partial charge in [-0.2, -0.15) is 5.10 Å². The van der Waals surface area contributed by atoms with E-state index in [4.69, 9.17) is 0 Å². The Bertz CT molecular complexity index is 1120. The maximum Gasteiger partial charge on any atom is 0.240 e. The molecular formula is C21H19N5O2S. The van der Waals surface area contributed by atoms with Crippen LogP contribution in [-0.2, 0) is 9.59 Å². The molecule has 2 heterocycles. The van der Waals surface area contributed by atoms with Gasteiger partial charge < -0.3 is 15.6 Å². The number of carbonyl (C=O) groups excluding carboxylic acids is 2. The lowest BCUT2D eigenvalue weighted by Gasteiger charge is -2.07. The third kappa shape index (κ3) is 4.55. The van der Waals surface area contributed by atoms with Crippen molar-refractivity contribution in [3.63, 3.8) is 0 Å². The molecule has 2 amide bonds. The van der Waals surface area contributed by atoms with Gasteiger partial charge in [0.15, 0.2) is 5.17 Å². The molecule has 1 aliphatic rings. The van der Waals surface area contributed by atoms with Crippen LogP contribution in [-0.4, -0.2) is 33.4 Å². The van der Waals surface area contributed by atoms with Crippen molar-refractivity contribution in [3.05, 3.63) is 65.9 Å². The molecule has 0 aliphatic carbocycles. The van der Waals surface area contributed by atoms with E-state index in [1.807, 2.05) is 61.7 Å². The fourth-order valence-corrected chi connectivity index (χ4v) is 3.87. The van der Waals surface area contributed by atoms with Gasteiger partial charge in [0.1, 0.15) is 5.25 Å². The zero-order valence-electron chi connectivity index (χ0n) is 15.7. The summed E-state index contributed by atoms with van der Waals surface area (Å²) < 4.78 is 0. The lowest BCUT2D eigenvalue weighted by atomic mass is 10.2. The highest BCUT2D eigenvalue weighted by Crippen LogP contribution is 2.23. The average Bonchev–Trinajstić information content (AvgIpc) is 3.27. The number of fused-ring (bicyclic) bond motifs is 1. The summed E-state index contributed by atoms with van der Waals surface area (Å²) in [6.45, 7) is 1.98. The van der Waals surface area contributed by atoms with Gasteiger partial charge in [0.25, 0.3) is 0 Å². The topological polar surface area (TPSA) is 98.7 Å². The van der Waals surface area contributed by atoms with Gasteiger partial charge in [-0.25, -0.2) is 0 Å². The van der Waals surface area contributed by atoms with Crippen LogP contribution in [0.25, 0.3) is 10.9 Å².